The molecular weight excluding hydrogens is 203 g/mol. The van der Waals surface area contributed by atoms with Crippen molar-refractivity contribution in [1.29, 1.82) is 0 Å². The molecule has 0 saturated carbocycles. The van der Waals surface area contributed by atoms with Gasteiger partial charge in [-0.1, -0.05) is 0 Å². The number of rotatable bonds is 3. The summed E-state index contributed by atoms with van der Waals surface area (Å²) in [5.74, 6) is -1.33. The van der Waals surface area contributed by atoms with Crippen molar-refractivity contribution >= 4 is 23.2 Å². The number of nitrogens with two attached hydrogens (primary N) is 1. The SMILES string of the molecule is Cl.NCCS(=O)CC(F)(F)F. The highest BCUT2D eigenvalue weighted by atomic mass is 35.5. The van der Waals surface area contributed by atoms with E-state index >= 15 is 0 Å². The summed E-state index contributed by atoms with van der Waals surface area (Å²) in [5.41, 5.74) is 4.89. The molecule has 2 N–H and O–H groups in total. The van der Waals surface area contributed by atoms with Crippen LogP contribution in [0.5, 0.6) is 0 Å². The van der Waals surface area contributed by atoms with E-state index in [1.54, 1.807) is 0 Å². The predicted molar refractivity (Wildman–Crippen MR) is 40.2 cm³/mol. The fraction of sp³-hybridized carbons (Fsp3) is 1.00. The van der Waals surface area contributed by atoms with Crippen molar-refractivity contribution in [2.24, 2.45) is 5.73 Å². The molecule has 0 amide bonds. The first-order chi connectivity index (χ1) is 4.45. The molecule has 0 radical (unpaired) electrons. The van der Waals surface area contributed by atoms with E-state index < -0.39 is 22.7 Å². The van der Waals surface area contributed by atoms with Gasteiger partial charge >= 0.3 is 6.18 Å². The highest BCUT2D eigenvalue weighted by Gasteiger charge is 2.29. The van der Waals surface area contributed by atoms with Gasteiger partial charge in [0.25, 0.3) is 0 Å². The lowest BCUT2D eigenvalue weighted by Crippen LogP contribution is -2.22. The Hall–Kier alpha value is 0.190. The van der Waals surface area contributed by atoms with Gasteiger partial charge in [-0.3, -0.25) is 4.21 Å². The lowest BCUT2D eigenvalue weighted by molar-refractivity contribution is -0.105. The summed E-state index contributed by atoms with van der Waals surface area (Å²) >= 11 is 0. The van der Waals surface area contributed by atoms with Gasteiger partial charge in [-0.25, -0.2) is 0 Å². The molecular formula is C4H9ClF3NOS. The second-order valence-corrected chi connectivity index (χ2v) is 3.27. The Morgan fingerprint density at radius 1 is 1.36 bits per heavy atom. The molecule has 2 nitrogen and oxygen atoms in total. The summed E-state index contributed by atoms with van der Waals surface area (Å²) in [4.78, 5) is 0. The molecule has 7 heteroatoms. The predicted octanol–water partition coefficient (Wildman–Crippen LogP) is 0.678. The second kappa shape index (κ2) is 5.79. The zero-order chi connectivity index (χ0) is 8.20. The summed E-state index contributed by atoms with van der Waals surface area (Å²) < 4.78 is 44.6. The molecule has 1 unspecified atom stereocenters. The number of halogens is 4. The first-order valence-corrected chi connectivity index (χ1v) is 4.06. The lowest BCUT2D eigenvalue weighted by atomic mass is 10.8. The Morgan fingerprint density at radius 2 is 1.82 bits per heavy atom. The topological polar surface area (TPSA) is 43.1 Å². The molecule has 11 heavy (non-hydrogen) atoms. The molecule has 0 saturated heterocycles. The number of hydrogen-bond donors (Lipinski definition) is 1. The van der Waals surface area contributed by atoms with E-state index in [4.69, 9.17) is 5.73 Å². The molecule has 0 bridgehead atoms. The summed E-state index contributed by atoms with van der Waals surface area (Å²) in [5, 5.41) is 0. The van der Waals surface area contributed by atoms with Crippen LogP contribution in [-0.2, 0) is 10.8 Å². The molecule has 0 aromatic heterocycles. The van der Waals surface area contributed by atoms with Gasteiger partial charge in [-0.05, 0) is 0 Å². The van der Waals surface area contributed by atoms with Crippen LogP contribution in [0, 0.1) is 0 Å². The zero-order valence-corrected chi connectivity index (χ0v) is 7.19. The Labute approximate surface area is 71.2 Å². The van der Waals surface area contributed by atoms with Crippen LogP contribution in [0.4, 0.5) is 13.2 Å². The molecule has 70 valence electrons. The average Bonchev–Trinajstić information content (AvgIpc) is 1.59. The standard InChI is InChI=1S/C4H8F3NOS.ClH/c5-4(6,7)3-10(9)2-1-8;/h1-3,8H2;1H. The van der Waals surface area contributed by atoms with Gasteiger partial charge in [0.05, 0.1) is 0 Å². The van der Waals surface area contributed by atoms with Crippen molar-refractivity contribution in [3.8, 4) is 0 Å². The van der Waals surface area contributed by atoms with Crippen LogP contribution in [0.1, 0.15) is 0 Å². The second-order valence-electron chi connectivity index (χ2n) is 1.69. The van der Waals surface area contributed by atoms with E-state index in [0.29, 0.717) is 0 Å². The van der Waals surface area contributed by atoms with E-state index in [-0.39, 0.29) is 24.7 Å². The number of hydrogen-bond acceptors (Lipinski definition) is 2. The Balaban J connectivity index is 0. The van der Waals surface area contributed by atoms with Gasteiger partial charge in [-0.2, -0.15) is 13.2 Å². The first-order valence-electron chi connectivity index (χ1n) is 2.57. The maximum atomic E-state index is 11.4. The maximum absolute atomic E-state index is 11.4. The Kier molecular flexibility index (Phi) is 7.24. The third-order valence-corrected chi connectivity index (χ3v) is 2.01. The van der Waals surface area contributed by atoms with Crippen molar-refractivity contribution in [2.45, 2.75) is 6.18 Å². The molecule has 0 aliphatic rings. The van der Waals surface area contributed by atoms with Gasteiger partial charge in [0.15, 0.2) is 0 Å². The van der Waals surface area contributed by atoms with Gasteiger partial charge in [0.1, 0.15) is 5.75 Å². The maximum Gasteiger partial charge on any atom is 0.400 e. The first kappa shape index (κ1) is 13.8. The fourth-order valence-electron chi connectivity index (χ4n) is 0.386. The number of alkyl halides is 3. The van der Waals surface area contributed by atoms with E-state index in [0.717, 1.165) is 0 Å². The largest absolute Gasteiger partial charge is 0.400 e. The van der Waals surface area contributed by atoms with Gasteiger partial charge < -0.3 is 5.73 Å². The Bertz CT molecular complexity index is 129. The monoisotopic (exact) mass is 211 g/mol. The smallest absolute Gasteiger partial charge is 0.330 e. The van der Waals surface area contributed by atoms with E-state index in [9.17, 15) is 17.4 Å². The molecule has 0 rings (SSSR count). The minimum Gasteiger partial charge on any atom is -0.330 e. The fourth-order valence-corrected chi connectivity index (χ4v) is 1.16. The minimum atomic E-state index is -4.33. The lowest BCUT2D eigenvalue weighted by Gasteiger charge is -2.03. The molecule has 0 aliphatic heterocycles. The minimum absolute atomic E-state index is 0. The van der Waals surface area contributed by atoms with E-state index in [1.165, 1.54) is 0 Å². The van der Waals surface area contributed by atoms with Crippen LogP contribution in [0.3, 0.4) is 0 Å². The summed E-state index contributed by atoms with van der Waals surface area (Å²) in [7, 11) is -1.84. The summed E-state index contributed by atoms with van der Waals surface area (Å²) in [6.07, 6.45) is -4.33. The third kappa shape index (κ3) is 10.2. The van der Waals surface area contributed by atoms with Crippen LogP contribution in [0.2, 0.25) is 0 Å². The molecule has 0 spiro atoms. The molecule has 0 fully saturated rings. The van der Waals surface area contributed by atoms with Crippen molar-refractivity contribution in [1.82, 2.24) is 0 Å². The third-order valence-electron chi connectivity index (χ3n) is 0.670. The van der Waals surface area contributed by atoms with Gasteiger partial charge in [0, 0.05) is 23.1 Å². The van der Waals surface area contributed by atoms with Crippen LogP contribution in [0.25, 0.3) is 0 Å². The van der Waals surface area contributed by atoms with Crippen molar-refractivity contribution in [3.63, 3.8) is 0 Å². The van der Waals surface area contributed by atoms with Crippen molar-refractivity contribution in [2.75, 3.05) is 18.1 Å². The molecule has 0 aliphatic carbocycles. The molecule has 0 aromatic rings. The average molecular weight is 212 g/mol. The van der Waals surface area contributed by atoms with Crippen molar-refractivity contribution < 1.29 is 17.4 Å². The summed E-state index contributed by atoms with van der Waals surface area (Å²) in [6.45, 7) is 0.0304. The van der Waals surface area contributed by atoms with Crippen LogP contribution in [0.15, 0.2) is 0 Å². The highest BCUT2D eigenvalue weighted by molar-refractivity contribution is 7.85. The van der Waals surface area contributed by atoms with E-state index in [1.807, 2.05) is 0 Å². The van der Waals surface area contributed by atoms with Gasteiger partial charge in [-0.15, -0.1) is 12.4 Å². The highest BCUT2D eigenvalue weighted by Crippen LogP contribution is 2.15. The van der Waals surface area contributed by atoms with Crippen LogP contribution in [-0.4, -0.2) is 28.4 Å². The molecule has 0 aromatic carbocycles. The van der Waals surface area contributed by atoms with Gasteiger partial charge in [0.2, 0.25) is 0 Å². The molecule has 0 heterocycles. The quantitative estimate of drug-likeness (QED) is 0.746. The zero-order valence-electron chi connectivity index (χ0n) is 5.56. The van der Waals surface area contributed by atoms with E-state index in [2.05, 4.69) is 0 Å². The van der Waals surface area contributed by atoms with Crippen LogP contribution >= 0.6 is 12.4 Å². The Morgan fingerprint density at radius 3 is 2.09 bits per heavy atom. The summed E-state index contributed by atoms with van der Waals surface area (Å²) in [6, 6.07) is 0. The normalized spacial score (nSPS) is 13.8. The van der Waals surface area contributed by atoms with Crippen molar-refractivity contribution in [3.05, 3.63) is 0 Å². The molecule has 1 atom stereocenters. The van der Waals surface area contributed by atoms with Crippen LogP contribution < -0.4 is 5.73 Å².